The van der Waals surface area contributed by atoms with Crippen molar-refractivity contribution in [3.8, 4) is 0 Å². The van der Waals surface area contributed by atoms with Crippen molar-refractivity contribution in [1.29, 1.82) is 0 Å². The van der Waals surface area contributed by atoms with Crippen molar-refractivity contribution >= 4 is 13.7 Å². The summed E-state index contributed by atoms with van der Waals surface area (Å²) in [6.07, 6.45) is 49.8. The van der Waals surface area contributed by atoms with Gasteiger partial charge in [0.1, 0.15) is 13.2 Å². The Bertz CT molecular complexity index is 1000. The van der Waals surface area contributed by atoms with Gasteiger partial charge in [0.05, 0.1) is 39.9 Å². The molecule has 0 aliphatic carbocycles. The van der Waals surface area contributed by atoms with Gasteiger partial charge in [0.15, 0.2) is 0 Å². The zero-order chi connectivity index (χ0) is 42.8. The summed E-state index contributed by atoms with van der Waals surface area (Å²) in [6.45, 7) is 4.81. The van der Waals surface area contributed by atoms with E-state index in [1.165, 1.54) is 173 Å². The fraction of sp³-hybridized carbons (Fsp3) is 0.898. The van der Waals surface area contributed by atoms with E-state index in [4.69, 9.17) is 9.05 Å². The number of aliphatic hydroxyl groups is 1. The van der Waals surface area contributed by atoms with Gasteiger partial charge in [-0.1, -0.05) is 218 Å². The first-order chi connectivity index (χ1) is 28.0. The third kappa shape index (κ3) is 43.1. The second-order valence-electron chi connectivity index (χ2n) is 18.2. The van der Waals surface area contributed by atoms with Crippen LogP contribution in [-0.4, -0.2) is 73.4 Å². The molecule has 0 aromatic heterocycles. The lowest BCUT2D eigenvalue weighted by atomic mass is 10.0. The minimum Gasteiger partial charge on any atom is -0.387 e. The highest BCUT2D eigenvalue weighted by Gasteiger charge is 2.27. The van der Waals surface area contributed by atoms with Gasteiger partial charge in [0.2, 0.25) is 5.91 Å². The summed E-state index contributed by atoms with van der Waals surface area (Å²) in [6, 6.07) is -0.858. The number of aliphatic hydroxyl groups excluding tert-OH is 1. The number of unbranched alkanes of at least 4 members (excludes halogenated alkanes) is 30. The van der Waals surface area contributed by atoms with Gasteiger partial charge in [-0.15, -0.1) is 0 Å². The van der Waals surface area contributed by atoms with Crippen LogP contribution in [0.15, 0.2) is 24.3 Å². The van der Waals surface area contributed by atoms with Crippen LogP contribution in [0.4, 0.5) is 0 Å². The average Bonchev–Trinajstić information content (AvgIpc) is 3.17. The van der Waals surface area contributed by atoms with E-state index >= 15 is 0 Å². The zero-order valence-electron chi connectivity index (χ0n) is 39.0. The van der Waals surface area contributed by atoms with Crippen molar-refractivity contribution < 1.29 is 32.9 Å². The van der Waals surface area contributed by atoms with Crippen molar-refractivity contribution in [3.05, 3.63) is 24.3 Å². The molecule has 9 heteroatoms. The molecule has 0 rings (SSSR count). The van der Waals surface area contributed by atoms with Gasteiger partial charge in [-0.3, -0.25) is 13.8 Å². The van der Waals surface area contributed by atoms with Crippen molar-refractivity contribution in [2.75, 3.05) is 40.9 Å². The summed E-state index contributed by atoms with van der Waals surface area (Å²) in [7, 11) is 1.56. The molecule has 0 saturated heterocycles. The number of hydrogen-bond acceptors (Lipinski definition) is 5. The number of phosphoric acid groups is 1. The van der Waals surface area contributed by atoms with Crippen LogP contribution in [0.1, 0.15) is 232 Å². The van der Waals surface area contributed by atoms with E-state index in [2.05, 4.69) is 31.3 Å². The number of rotatable bonds is 45. The molecule has 344 valence electrons. The van der Waals surface area contributed by atoms with Crippen LogP contribution in [0.5, 0.6) is 0 Å². The quantitative estimate of drug-likeness (QED) is 0.0244. The lowest BCUT2D eigenvalue weighted by Gasteiger charge is -2.25. The highest BCUT2D eigenvalue weighted by Crippen LogP contribution is 2.43. The van der Waals surface area contributed by atoms with Gasteiger partial charge in [-0.2, -0.15) is 0 Å². The van der Waals surface area contributed by atoms with E-state index in [9.17, 15) is 19.4 Å². The monoisotopic (exact) mass is 842 g/mol. The molecule has 0 saturated carbocycles. The van der Waals surface area contributed by atoms with Crippen LogP contribution in [0.25, 0.3) is 0 Å². The Morgan fingerprint density at radius 1 is 0.569 bits per heavy atom. The third-order valence-electron chi connectivity index (χ3n) is 11.2. The number of hydrogen-bond donors (Lipinski definition) is 3. The summed E-state index contributed by atoms with van der Waals surface area (Å²) >= 11 is 0. The number of amides is 1. The third-order valence-corrected chi connectivity index (χ3v) is 12.2. The highest BCUT2D eigenvalue weighted by molar-refractivity contribution is 7.47. The summed E-state index contributed by atoms with van der Waals surface area (Å²) in [5.74, 6) is -0.186. The SMILES string of the molecule is CCCCCCCCCCCCCCCCCCCC/C=C/CC/C=C/C(O)C(COP(=O)(O)OCC[N+](C)(C)C)NC(=O)CCCCCCCCCCCCCC. The van der Waals surface area contributed by atoms with E-state index in [1.54, 1.807) is 6.08 Å². The molecule has 0 aromatic carbocycles. The molecule has 0 aliphatic rings. The number of nitrogens with one attached hydrogen (secondary N) is 1. The summed E-state index contributed by atoms with van der Waals surface area (Å²) < 4.78 is 23.6. The van der Waals surface area contributed by atoms with Crippen molar-refractivity contribution in [1.82, 2.24) is 5.32 Å². The number of quaternary nitrogens is 1. The fourth-order valence-corrected chi connectivity index (χ4v) is 7.97. The molecule has 3 atom stereocenters. The van der Waals surface area contributed by atoms with E-state index in [1.807, 2.05) is 27.2 Å². The van der Waals surface area contributed by atoms with Gasteiger partial charge in [-0.25, -0.2) is 4.57 Å². The van der Waals surface area contributed by atoms with Gasteiger partial charge in [0, 0.05) is 6.42 Å². The average molecular weight is 842 g/mol. The Kier molecular flexibility index (Phi) is 40.6. The maximum absolute atomic E-state index is 12.9. The molecule has 8 nitrogen and oxygen atoms in total. The van der Waals surface area contributed by atoms with Crippen LogP contribution in [0.3, 0.4) is 0 Å². The smallest absolute Gasteiger partial charge is 0.387 e. The summed E-state index contributed by atoms with van der Waals surface area (Å²) in [5.41, 5.74) is 0. The van der Waals surface area contributed by atoms with E-state index in [0.29, 0.717) is 17.4 Å². The Morgan fingerprint density at radius 3 is 1.38 bits per heavy atom. The molecule has 0 radical (unpaired) electrons. The molecule has 0 heterocycles. The van der Waals surface area contributed by atoms with Crippen molar-refractivity contribution in [2.24, 2.45) is 0 Å². The second kappa shape index (κ2) is 41.3. The molecular weight excluding hydrogens is 744 g/mol. The molecule has 0 bridgehead atoms. The van der Waals surface area contributed by atoms with E-state index < -0.39 is 20.0 Å². The Morgan fingerprint density at radius 2 is 0.948 bits per heavy atom. The predicted molar refractivity (Wildman–Crippen MR) is 249 cm³/mol. The van der Waals surface area contributed by atoms with Crippen LogP contribution >= 0.6 is 7.82 Å². The van der Waals surface area contributed by atoms with E-state index in [0.717, 1.165) is 38.5 Å². The molecule has 0 aromatic rings. The number of likely N-dealkylation sites (N-methyl/N-ethyl adjacent to an activating group) is 1. The molecule has 58 heavy (non-hydrogen) atoms. The lowest BCUT2D eigenvalue weighted by Crippen LogP contribution is -2.45. The second-order valence-corrected chi connectivity index (χ2v) is 19.6. The largest absolute Gasteiger partial charge is 0.472 e. The molecule has 1 amide bonds. The van der Waals surface area contributed by atoms with Gasteiger partial charge < -0.3 is 19.8 Å². The number of phosphoric ester groups is 1. The normalized spacial score (nSPS) is 14.4. The zero-order valence-corrected chi connectivity index (χ0v) is 39.9. The first kappa shape index (κ1) is 57.0. The number of carbonyl (C=O) groups is 1. The molecule has 3 unspecified atom stereocenters. The summed E-state index contributed by atoms with van der Waals surface area (Å²) in [4.78, 5) is 23.1. The molecule has 0 fully saturated rings. The maximum atomic E-state index is 12.9. The molecule has 0 aliphatic heterocycles. The minimum atomic E-state index is -4.34. The van der Waals surface area contributed by atoms with Gasteiger partial charge in [0.25, 0.3) is 0 Å². The molecule has 3 N–H and O–H groups in total. The van der Waals surface area contributed by atoms with Crippen LogP contribution in [-0.2, 0) is 18.4 Å². The molecular formula is C49H98N2O6P+. The maximum Gasteiger partial charge on any atom is 0.472 e. The van der Waals surface area contributed by atoms with Crippen molar-refractivity contribution in [3.63, 3.8) is 0 Å². The first-order valence-corrected chi connectivity index (χ1v) is 26.2. The molecule has 0 spiro atoms. The van der Waals surface area contributed by atoms with Gasteiger partial charge in [-0.05, 0) is 32.1 Å². The van der Waals surface area contributed by atoms with Crippen molar-refractivity contribution in [2.45, 2.75) is 244 Å². The first-order valence-electron chi connectivity index (χ1n) is 24.7. The Balaban J connectivity index is 4.29. The number of nitrogens with zero attached hydrogens (tertiary/aromatic N) is 1. The predicted octanol–water partition coefficient (Wildman–Crippen LogP) is 14.1. The van der Waals surface area contributed by atoms with Gasteiger partial charge >= 0.3 is 7.82 Å². The number of allylic oxidation sites excluding steroid dienone is 3. The van der Waals surface area contributed by atoms with Crippen LogP contribution < -0.4 is 5.32 Å². The van der Waals surface area contributed by atoms with Crippen LogP contribution in [0.2, 0.25) is 0 Å². The summed E-state index contributed by atoms with van der Waals surface area (Å²) in [5, 5.41) is 13.8. The number of carbonyl (C=O) groups excluding carboxylic acids is 1. The minimum absolute atomic E-state index is 0.0583. The van der Waals surface area contributed by atoms with E-state index in [-0.39, 0.29) is 19.1 Å². The Hall–Kier alpha value is -1.02. The lowest BCUT2D eigenvalue weighted by molar-refractivity contribution is -0.870. The topological polar surface area (TPSA) is 105 Å². The Labute approximate surface area is 360 Å². The highest BCUT2D eigenvalue weighted by atomic mass is 31.2. The fourth-order valence-electron chi connectivity index (χ4n) is 7.23. The standard InChI is InChI=1S/C49H97N2O6P/c1-6-8-10-12-14-16-18-20-21-22-23-24-25-26-27-28-29-30-31-32-34-36-38-40-42-48(52)47(46-57-58(54,55)56-45-44-51(3,4)5)50-49(53)43-41-39-37-35-33-19-17-15-13-11-9-7-2/h32,34,40,42,47-48,52H,6-31,33,35-39,41,43-46H2,1-5H3,(H-,50,53,54,55)/p+1/b34-32+,42-40+. The van der Waals surface area contributed by atoms with Crippen LogP contribution in [0, 0.1) is 0 Å².